The third kappa shape index (κ3) is 32.0. The minimum Gasteiger partial charge on any atom is -0.480 e. The molecule has 0 unspecified atom stereocenters. The summed E-state index contributed by atoms with van der Waals surface area (Å²) in [7, 11) is 0. The highest BCUT2D eigenvalue weighted by Crippen LogP contribution is 2.12. The lowest BCUT2D eigenvalue weighted by atomic mass is 10.0. The molecule has 0 aliphatic carbocycles. The van der Waals surface area contributed by atoms with Crippen LogP contribution in [0.3, 0.4) is 0 Å². The lowest BCUT2D eigenvalue weighted by Gasteiger charge is -2.03. The number of carbonyl (C=O) groups is 3. The quantitative estimate of drug-likeness (QED) is 0.0746. The number of aromatic nitrogens is 2. The molecule has 1 aromatic heterocycles. The summed E-state index contributed by atoms with van der Waals surface area (Å²) in [4.78, 5) is 37.2. The number of H-pyrrole nitrogens is 1. The van der Waals surface area contributed by atoms with Crippen LogP contribution in [-0.2, 0) is 20.8 Å². The van der Waals surface area contributed by atoms with Crippen molar-refractivity contribution in [1.82, 2.24) is 15.3 Å². The summed E-state index contributed by atoms with van der Waals surface area (Å²) in [5.41, 5.74) is 16.4. The van der Waals surface area contributed by atoms with Gasteiger partial charge in [0.2, 0.25) is 0 Å². The average molecular weight is 601 g/mol. The summed E-state index contributed by atoms with van der Waals surface area (Å²) in [6.07, 6.45) is 24.5. The molecular weight excluding hydrogens is 540 g/mol. The van der Waals surface area contributed by atoms with E-state index in [1.807, 2.05) is 0 Å². The van der Waals surface area contributed by atoms with Crippen LogP contribution in [0.2, 0.25) is 0 Å². The molecule has 0 amide bonds. The van der Waals surface area contributed by atoms with E-state index in [-0.39, 0.29) is 13.0 Å². The van der Waals surface area contributed by atoms with E-state index in [1.54, 1.807) is 6.20 Å². The van der Waals surface area contributed by atoms with Crippen LogP contribution < -0.4 is 22.5 Å². The van der Waals surface area contributed by atoms with Gasteiger partial charge in [-0.25, -0.2) is 4.98 Å². The first-order chi connectivity index (χ1) is 20.1. The number of nitrogens with two attached hydrogens (primary N) is 3. The van der Waals surface area contributed by atoms with Gasteiger partial charge in [0, 0.05) is 18.3 Å². The van der Waals surface area contributed by atoms with Crippen molar-refractivity contribution in [3.63, 3.8) is 0 Å². The maximum absolute atomic E-state index is 10.3. The Morgan fingerprint density at radius 1 is 0.786 bits per heavy atom. The molecule has 1 heterocycles. The minimum atomic E-state index is -1.00. The van der Waals surface area contributed by atoms with E-state index in [0.29, 0.717) is 13.0 Å². The maximum atomic E-state index is 10.3. The van der Waals surface area contributed by atoms with Gasteiger partial charge in [-0.05, 0) is 32.4 Å². The molecule has 0 aliphatic rings. The van der Waals surface area contributed by atoms with Crippen LogP contribution in [-0.4, -0.2) is 74.9 Å². The van der Waals surface area contributed by atoms with Gasteiger partial charge in [0.15, 0.2) is 0 Å². The molecule has 0 saturated heterocycles. The SMILES string of the molecule is CCCCCCCCCCCCCCCCNCC(=O)O.NCCCC[C@H](N)C(=O)O.N[C@@H](Cc1cnc[nH]1)C(=O)O. The number of rotatable bonds is 25. The van der Waals surface area contributed by atoms with Crippen LogP contribution in [0.15, 0.2) is 12.5 Å². The van der Waals surface area contributed by atoms with E-state index in [2.05, 4.69) is 22.2 Å². The van der Waals surface area contributed by atoms with Gasteiger partial charge in [0.1, 0.15) is 12.1 Å². The number of nitrogens with one attached hydrogen (secondary N) is 2. The minimum absolute atomic E-state index is 0.0957. The van der Waals surface area contributed by atoms with Gasteiger partial charge in [-0.15, -0.1) is 0 Å². The standard InChI is InChI=1S/C18H37NO2.C6H9N3O2.C6H14N2O2/c1-2-3-4-5-6-7-8-9-10-11-12-13-14-15-16-19-17-18(20)21;7-5(6(10)11)1-4-2-8-3-9-4;7-4-2-1-3-5(8)6(9)10/h19H,2-17H2,1H3,(H,20,21);2-3,5H,1,7H2,(H,8,9)(H,10,11);5H,1-4,7-8H2,(H,9,10)/t;2*5-/m.00/s1. The molecule has 0 radical (unpaired) electrons. The number of hydrogen-bond acceptors (Lipinski definition) is 8. The maximum Gasteiger partial charge on any atom is 0.320 e. The molecule has 12 nitrogen and oxygen atoms in total. The molecular formula is C30H60N6O6. The van der Waals surface area contributed by atoms with E-state index < -0.39 is 30.0 Å². The summed E-state index contributed by atoms with van der Waals surface area (Å²) in [6.45, 7) is 3.81. The van der Waals surface area contributed by atoms with E-state index in [4.69, 9.17) is 32.5 Å². The molecule has 1 rings (SSSR count). The van der Waals surface area contributed by atoms with Gasteiger partial charge in [0.25, 0.3) is 0 Å². The summed E-state index contributed by atoms with van der Waals surface area (Å²) in [5, 5.41) is 28.1. The van der Waals surface area contributed by atoms with Crippen molar-refractivity contribution in [1.29, 1.82) is 0 Å². The first kappa shape index (κ1) is 41.6. The zero-order valence-electron chi connectivity index (χ0n) is 25.9. The second-order valence-electron chi connectivity index (χ2n) is 10.6. The summed E-state index contributed by atoms with van der Waals surface area (Å²) < 4.78 is 0. The molecule has 2 atom stereocenters. The third-order valence-corrected chi connectivity index (χ3v) is 6.58. The monoisotopic (exact) mass is 600 g/mol. The van der Waals surface area contributed by atoms with Gasteiger partial charge in [0.05, 0.1) is 12.9 Å². The predicted molar refractivity (Wildman–Crippen MR) is 167 cm³/mol. The zero-order chi connectivity index (χ0) is 31.8. The van der Waals surface area contributed by atoms with Gasteiger partial charge < -0.3 is 42.8 Å². The summed E-state index contributed by atoms with van der Waals surface area (Å²) >= 11 is 0. The number of hydrogen-bond donors (Lipinski definition) is 8. The highest BCUT2D eigenvalue weighted by atomic mass is 16.4. The van der Waals surface area contributed by atoms with E-state index in [0.717, 1.165) is 31.5 Å². The molecule has 42 heavy (non-hydrogen) atoms. The number of aromatic amines is 1. The topological polar surface area (TPSA) is 231 Å². The molecule has 1 aromatic rings. The first-order valence-corrected chi connectivity index (χ1v) is 15.7. The summed E-state index contributed by atoms with van der Waals surface area (Å²) in [6, 6.07) is -1.57. The highest BCUT2D eigenvalue weighted by molar-refractivity contribution is 5.73. The summed E-state index contributed by atoms with van der Waals surface area (Å²) in [5.74, 6) is -2.70. The third-order valence-electron chi connectivity index (χ3n) is 6.58. The number of carboxylic acid groups (broad SMARTS) is 3. The van der Waals surface area contributed by atoms with E-state index in [1.165, 1.54) is 89.8 Å². The molecule has 12 heteroatoms. The average Bonchev–Trinajstić information content (AvgIpc) is 3.46. The fourth-order valence-corrected chi connectivity index (χ4v) is 3.99. The Morgan fingerprint density at radius 2 is 1.29 bits per heavy atom. The number of carboxylic acids is 3. The first-order valence-electron chi connectivity index (χ1n) is 15.7. The van der Waals surface area contributed by atoms with Gasteiger partial charge in [-0.3, -0.25) is 14.4 Å². The Bertz CT molecular complexity index is 751. The highest BCUT2D eigenvalue weighted by Gasteiger charge is 2.12. The Labute approximate surface area is 252 Å². The fourth-order valence-electron chi connectivity index (χ4n) is 3.99. The smallest absolute Gasteiger partial charge is 0.320 e. The molecule has 0 spiro atoms. The largest absolute Gasteiger partial charge is 0.480 e. The van der Waals surface area contributed by atoms with Crippen LogP contribution in [0, 0.1) is 0 Å². The number of unbranched alkanes of at least 4 members (excludes halogenated alkanes) is 14. The second-order valence-corrected chi connectivity index (χ2v) is 10.6. The van der Waals surface area contributed by atoms with Crippen molar-refractivity contribution in [2.45, 2.75) is 135 Å². The molecule has 0 aliphatic heterocycles. The van der Waals surface area contributed by atoms with E-state index in [9.17, 15) is 14.4 Å². The Balaban J connectivity index is 0. The van der Waals surface area contributed by atoms with Crippen LogP contribution in [0.1, 0.15) is 122 Å². The van der Waals surface area contributed by atoms with E-state index >= 15 is 0 Å². The van der Waals surface area contributed by atoms with Crippen molar-refractivity contribution < 1.29 is 29.7 Å². The zero-order valence-corrected chi connectivity index (χ0v) is 25.9. The van der Waals surface area contributed by atoms with Gasteiger partial charge >= 0.3 is 17.9 Å². The second kappa shape index (κ2) is 31.4. The Morgan fingerprint density at radius 3 is 1.69 bits per heavy atom. The fraction of sp³-hybridized carbons (Fsp3) is 0.800. The van der Waals surface area contributed by atoms with Crippen molar-refractivity contribution in [3.8, 4) is 0 Å². The normalized spacial score (nSPS) is 11.9. The molecule has 0 saturated carbocycles. The Kier molecular flexibility index (Phi) is 31.1. The molecule has 0 aromatic carbocycles. The van der Waals surface area contributed by atoms with Gasteiger partial charge in [-0.1, -0.05) is 96.8 Å². The van der Waals surface area contributed by atoms with Crippen molar-refractivity contribution in [3.05, 3.63) is 18.2 Å². The molecule has 246 valence electrons. The molecule has 0 bridgehead atoms. The van der Waals surface area contributed by atoms with Gasteiger partial charge in [-0.2, -0.15) is 0 Å². The van der Waals surface area contributed by atoms with Crippen molar-refractivity contribution in [2.24, 2.45) is 17.2 Å². The molecule has 0 fully saturated rings. The van der Waals surface area contributed by atoms with Crippen molar-refractivity contribution in [2.75, 3.05) is 19.6 Å². The van der Waals surface area contributed by atoms with Crippen LogP contribution in [0.5, 0.6) is 0 Å². The Hall–Kier alpha value is -2.54. The predicted octanol–water partition coefficient (Wildman–Crippen LogP) is 4.03. The van der Waals surface area contributed by atoms with Crippen LogP contribution in [0.4, 0.5) is 0 Å². The van der Waals surface area contributed by atoms with Crippen LogP contribution in [0.25, 0.3) is 0 Å². The number of imidazole rings is 1. The number of aliphatic carboxylic acids is 3. The number of nitrogens with zero attached hydrogens (tertiary/aromatic N) is 1. The van der Waals surface area contributed by atoms with Crippen molar-refractivity contribution >= 4 is 17.9 Å². The van der Waals surface area contributed by atoms with Crippen LogP contribution >= 0.6 is 0 Å². The lowest BCUT2D eigenvalue weighted by molar-refractivity contribution is -0.139. The lowest BCUT2D eigenvalue weighted by Crippen LogP contribution is -2.32. The molecule has 11 N–H and O–H groups in total.